The van der Waals surface area contributed by atoms with Crippen LogP contribution in [0, 0.1) is 0 Å². The highest BCUT2D eigenvalue weighted by Crippen LogP contribution is 2.30. The lowest BCUT2D eigenvalue weighted by atomic mass is 9.87. The van der Waals surface area contributed by atoms with E-state index in [4.69, 9.17) is 4.74 Å². The van der Waals surface area contributed by atoms with Crippen molar-refractivity contribution < 1.29 is 4.74 Å². The minimum absolute atomic E-state index is 0.485. The van der Waals surface area contributed by atoms with E-state index >= 15 is 0 Å². The van der Waals surface area contributed by atoms with Crippen LogP contribution in [0.4, 0.5) is 0 Å². The maximum absolute atomic E-state index is 5.31. The Hall–Kier alpha value is -2.06. The van der Waals surface area contributed by atoms with Gasteiger partial charge in [0.25, 0.3) is 0 Å². The lowest BCUT2D eigenvalue weighted by Crippen LogP contribution is -2.41. The predicted octanol–water partition coefficient (Wildman–Crippen LogP) is 5.63. The zero-order chi connectivity index (χ0) is 18.4. The maximum atomic E-state index is 5.31. The Kier molecular flexibility index (Phi) is 6.51. The average Bonchev–Trinajstić information content (AvgIpc) is 2.68. The van der Waals surface area contributed by atoms with Gasteiger partial charge in [0, 0.05) is 19.1 Å². The van der Waals surface area contributed by atoms with E-state index in [2.05, 4.69) is 73.3 Å². The van der Waals surface area contributed by atoms with Crippen LogP contribution in [-0.2, 0) is 13.0 Å². The van der Waals surface area contributed by atoms with E-state index in [0.717, 1.165) is 25.3 Å². The molecule has 0 bridgehead atoms. The van der Waals surface area contributed by atoms with Gasteiger partial charge in [0.2, 0.25) is 0 Å². The van der Waals surface area contributed by atoms with Crippen molar-refractivity contribution in [3.05, 3.63) is 76.9 Å². The molecule has 0 saturated carbocycles. The standard InChI is InChI=1S/C24H31NO/c1-4-8-22-15-16-25(18-21-9-6-5-7-10-21)24(19(22)2)17-20-11-13-23(26-3)14-12-20/h5-7,9-14,24H,4,8,15-18H2,1-3H3. The summed E-state index contributed by atoms with van der Waals surface area (Å²) in [5.41, 5.74) is 6.05. The van der Waals surface area contributed by atoms with Crippen molar-refractivity contribution in [1.82, 2.24) is 4.90 Å². The van der Waals surface area contributed by atoms with Gasteiger partial charge in [-0.15, -0.1) is 0 Å². The first-order valence-electron chi connectivity index (χ1n) is 9.80. The van der Waals surface area contributed by atoms with Crippen LogP contribution in [0.1, 0.15) is 44.2 Å². The maximum Gasteiger partial charge on any atom is 0.118 e. The van der Waals surface area contributed by atoms with Crippen LogP contribution in [0.3, 0.4) is 0 Å². The van der Waals surface area contributed by atoms with Crippen LogP contribution in [0.5, 0.6) is 5.75 Å². The smallest absolute Gasteiger partial charge is 0.118 e. The zero-order valence-electron chi connectivity index (χ0n) is 16.4. The number of methoxy groups -OCH3 is 1. The first-order valence-corrected chi connectivity index (χ1v) is 9.80. The van der Waals surface area contributed by atoms with Gasteiger partial charge < -0.3 is 4.74 Å². The molecule has 0 radical (unpaired) electrons. The normalized spacial score (nSPS) is 18.2. The highest BCUT2D eigenvalue weighted by Gasteiger charge is 2.27. The number of rotatable bonds is 7. The van der Waals surface area contributed by atoms with Gasteiger partial charge in [0.15, 0.2) is 0 Å². The second-order valence-corrected chi connectivity index (χ2v) is 7.31. The Bertz CT molecular complexity index is 718. The summed E-state index contributed by atoms with van der Waals surface area (Å²) in [6.45, 7) is 6.83. The average molecular weight is 350 g/mol. The molecule has 3 rings (SSSR count). The summed E-state index contributed by atoms with van der Waals surface area (Å²) in [7, 11) is 1.72. The fraction of sp³-hybridized carbons (Fsp3) is 0.417. The SMILES string of the molecule is CCCC1=C(C)C(Cc2ccc(OC)cc2)N(Cc2ccccc2)CC1. The van der Waals surface area contributed by atoms with E-state index in [9.17, 15) is 0 Å². The summed E-state index contributed by atoms with van der Waals surface area (Å²) in [5.74, 6) is 0.928. The molecule has 1 atom stereocenters. The topological polar surface area (TPSA) is 12.5 Å². The molecule has 0 amide bonds. The van der Waals surface area contributed by atoms with E-state index in [1.54, 1.807) is 18.3 Å². The summed E-state index contributed by atoms with van der Waals surface area (Å²) in [5, 5.41) is 0. The molecule has 0 aromatic heterocycles. The number of hydrogen-bond donors (Lipinski definition) is 0. The van der Waals surface area contributed by atoms with Crippen molar-refractivity contribution in [3.8, 4) is 5.75 Å². The molecular formula is C24H31NO. The van der Waals surface area contributed by atoms with Gasteiger partial charge in [0.1, 0.15) is 5.75 Å². The molecule has 0 N–H and O–H groups in total. The molecule has 138 valence electrons. The van der Waals surface area contributed by atoms with Crippen LogP contribution in [0.2, 0.25) is 0 Å². The Labute approximate surface area is 158 Å². The summed E-state index contributed by atoms with van der Waals surface area (Å²) < 4.78 is 5.31. The van der Waals surface area contributed by atoms with Gasteiger partial charge in [0.05, 0.1) is 7.11 Å². The van der Waals surface area contributed by atoms with Crippen LogP contribution in [0.15, 0.2) is 65.7 Å². The summed E-state index contributed by atoms with van der Waals surface area (Å²) >= 11 is 0. The van der Waals surface area contributed by atoms with Crippen molar-refractivity contribution in [2.75, 3.05) is 13.7 Å². The molecule has 2 heteroatoms. The minimum Gasteiger partial charge on any atom is -0.497 e. The molecule has 26 heavy (non-hydrogen) atoms. The fourth-order valence-electron chi connectivity index (χ4n) is 4.04. The molecule has 1 unspecified atom stereocenters. The Balaban J connectivity index is 1.83. The van der Waals surface area contributed by atoms with Crippen LogP contribution < -0.4 is 4.74 Å². The predicted molar refractivity (Wildman–Crippen MR) is 110 cm³/mol. The highest BCUT2D eigenvalue weighted by atomic mass is 16.5. The third kappa shape index (κ3) is 4.56. The van der Waals surface area contributed by atoms with Crippen LogP contribution >= 0.6 is 0 Å². The first-order chi connectivity index (χ1) is 12.7. The summed E-state index contributed by atoms with van der Waals surface area (Å²) in [6.07, 6.45) is 4.76. The molecule has 0 spiro atoms. The Morgan fingerprint density at radius 3 is 2.38 bits per heavy atom. The number of hydrogen-bond acceptors (Lipinski definition) is 2. The van der Waals surface area contributed by atoms with E-state index < -0.39 is 0 Å². The third-order valence-electron chi connectivity index (χ3n) is 5.57. The number of benzene rings is 2. The second kappa shape index (κ2) is 9.05. The molecule has 0 aliphatic carbocycles. The van der Waals surface area contributed by atoms with Gasteiger partial charge in [-0.3, -0.25) is 4.90 Å². The van der Waals surface area contributed by atoms with Gasteiger partial charge in [-0.05, 0) is 49.4 Å². The number of nitrogens with zero attached hydrogens (tertiary/aromatic N) is 1. The Morgan fingerprint density at radius 2 is 1.73 bits per heavy atom. The summed E-state index contributed by atoms with van der Waals surface area (Å²) in [6, 6.07) is 19.9. The third-order valence-corrected chi connectivity index (χ3v) is 5.57. The van der Waals surface area contributed by atoms with Gasteiger partial charge in [-0.1, -0.05) is 67.0 Å². The van der Waals surface area contributed by atoms with Gasteiger partial charge in [-0.2, -0.15) is 0 Å². The van der Waals surface area contributed by atoms with Gasteiger partial charge >= 0.3 is 0 Å². The van der Waals surface area contributed by atoms with Crippen molar-refractivity contribution in [2.24, 2.45) is 0 Å². The molecule has 1 heterocycles. The quantitative estimate of drug-likeness (QED) is 0.601. The van der Waals surface area contributed by atoms with E-state index in [1.807, 2.05) is 0 Å². The van der Waals surface area contributed by atoms with Gasteiger partial charge in [-0.25, -0.2) is 0 Å². The molecule has 2 nitrogen and oxygen atoms in total. The molecule has 0 fully saturated rings. The molecule has 2 aromatic carbocycles. The van der Waals surface area contributed by atoms with E-state index in [1.165, 1.54) is 30.4 Å². The second-order valence-electron chi connectivity index (χ2n) is 7.31. The lowest BCUT2D eigenvalue weighted by Gasteiger charge is -2.38. The van der Waals surface area contributed by atoms with Crippen molar-refractivity contribution in [2.45, 2.75) is 52.1 Å². The Morgan fingerprint density at radius 1 is 1.00 bits per heavy atom. The largest absolute Gasteiger partial charge is 0.497 e. The number of ether oxygens (including phenoxy) is 1. The lowest BCUT2D eigenvalue weighted by molar-refractivity contribution is 0.197. The van der Waals surface area contributed by atoms with E-state index in [-0.39, 0.29) is 0 Å². The zero-order valence-corrected chi connectivity index (χ0v) is 16.4. The monoisotopic (exact) mass is 349 g/mol. The minimum atomic E-state index is 0.485. The first kappa shape index (κ1) is 18.7. The fourth-order valence-corrected chi connectivity index (χ4v) is 4.04. The molecule has 1 aliphatic rings. The molecule has 2 aromatic rings. The van der Waals surface area contributed by atoms with E-state index in [0.29, 0.717) is 6.04 Å². The summed E-state index contributed by atoms with van der Waals surface area (Å²) in [4.78, 5) is 2.66. The molecule has 1 aliphatic heterocycles. The molecular weight excluding hydrogens is 318 g/mol. The van der Waals surface area contributed by atoms with Crippen LogP contribution in [-0.4, -0.2) is 24.6 Å². The molecule has 0 saturated heterocycles. The van der Waals surface area contributed by atoms with Crippen molar-refractivity contribution >= 4 is 0 Å². The van der Waals surface area contributed by atoms with Crippen molar-refractivity contribution in [1.29, 1.82) is 0 Å². The highest BCUT2D eigenvalue weighted by molar-refractivity contribution is 5.31. The van der Waals surface area contributed by atoms with Crippen molar-refractivity contribution in [3.63, 3.8) is 0 Å². The van der Waals surface area contributed by atoms with Crippen LogP contribution in [0.25, 0.3) is 0 Å².